The van der Waals surface area contributed by atoms with Crippen molar-refractivity contribution in [2.24, 2.45) is 0 Å². The monoisotopic (exact) mass is 473 g/mol. The lowest BCUT2D eigenvalue weighted by atomic mass is 9.74. The highest BCUT2D eigenvalue weighted by atomic mass is 35.5. The average Bonchev–Trinajstić information content (AvgIpc) is 3.22. The first-order chi connectivity index (χ1) is 15.3. The Hall–Kier alpha value is -2.94. The number of aromatic nitrogens is 3. The Balaban J connectivity index is 1.81. The number of hydrogen-bond acceptors (Lipinski definition) is 5. The molecule has 0 saturated carbocycles. The van der Waals surface area contributed by atoms with E-state index < -0.39 is 5.41 Å². The lowest BCUT2D eigenvalue weighted by molar-refractivity contribution is -0.134. The number of carbonyl (C=O) groups is 2. The van der Waals surface area contributed by atoms with Crippen LogP contribution in [0.1, 0.15) is 24.6 Å². The summed E-state index contributed by atoms with van der Waals surface area (Å²) in [5.41, 5.74) is 0.735. The van der Waals surface area contributed by atoms with Crippen molar-refractivity contribution in [2.75, 3.05) is 18.5 Å². The van der Waals surface area contributed by atoms with E-state index >= 15 is 0 Å². The molecule has 1 atom stereocenters. The standard InChI is InChI=1S/C22H21Cl2N5O3/c1-13(23)3-8-17-14(2)22(21(32)28(17)9-10-30)11-18(31)25-20-19(22)26-27-29(20)12-15-4-6-16(24)7-5-15/h3-8,30H,2,9-12H2,1H3,(H,25,31)/b13-3+,17-8+/t22-/m0/s1. The Bertz CT molecular complexity index is 1160. The summed E-state index contributed by atoms with van der Waals surface area (Å²) < 4.78 is 1.54. The van der Waals surface area contributed by atoms with Gasteiger partial charge < -0.3 is 15.3 Å². The number of rotatable bonds is 5. The predicted molar refractivity (Wildman–Crippen MR) is 121 cm³/mol. The number of anilines is 1. The zero-order valence-corrected chi connectivity index (χ0v) is 18.8. The summed E-state index contributed by atoms with van der Waals surface area (Å²) in [5, 5.41) is 22.0. The molecule has 0 bridgehead atoms. The second kappa shape index (κ2) is 8.54. The summed E-state index contributed by atoms with van der Waals surface area (Å²) >= 11 is 11.9. The third-order valence-electron chi connectivity index (χ3n) is 5.59. The molecule has 10 heteroatoms. The first-order valence-electron chi connectivity index (χ1n) is 9.93. The van der Waals surface area contributed by atoms with Gasteiger partial charge in [-0.1, -0.05) is 47.1 Å². The molecule has 1 aromatic carbocycles. The zero-order valence-electron chi connectivity index (χ0n) is 17.3. The minimum absolute atomic E-state index is 0.0521. The number of nitrogens with zero attached hydrogens (tertiary/aromatic N) is 4. The third-order valence-corrected chi connectivity index (χ3v) is 5.97. The Kier molecular flexibility index (Phi) is 5.94. The number of β-amino-alcohol motifs (C(OH)–C–C–N with tert-alkyl or cyclic N) is 1. The second-order valence-corrected chi connectivity index (χ2v) is 8.70. The number of hydrogen-bond donors (Lipinski definition) is 2. The zero-order chi connectivity index (χ0) is 23.0. The van der Waals surface area contributed by atoms with Crippen LogP contribution in [-0.4, -0.2) is 50.0 Å². The van der Waals surface area contributed by atoms with Gasteiger partial charge in [0.1, 0.15) is 11.1 Å². The van der Waals surface area contributed by atoms with Gasteiger partial charge in [-0.3, -0.25) is 9.59 Å². The van der Waals surface area contributed by atoms with Gasteiger partial charge in [-0.05, 0) is 42.3 Å². The maximum Gasteiger partial charge on any atom is 0.244 e. The Labute approximate surface area is 194 Å². The van der Waals surface area contributed by atoms with E-state index in [0.29, 0.717) is 39.4 Å². The molecule has 2 aliphatic rings. The first-order valence-corrected chi connectivity index (χ1v) is 10.7. The average molecular weight is 474 g/mol. The molecule has 2 aliphatic heterocycles. The van der Waals surface area contributed by atoms with Crippen LogP contribution in [0, 0.1) is 0 Å². The summed E-state index contributed by atoms with van der Waals surface area (Å²) in [7, 11) is 0. The van der Waals surface area contributed by atoms with E-state index in [4.69, 9.17) is 23.2 Å². The third kappa shape index (κ3) is 3.64. The molecule has 0 aliphatic carbocycles. The fourth-order valence-corrected chi connectivity index (χ4v) is 4.27. The van der Waals surface area contributed by atoms with Crippen molar-refractivity contribution < 1.29 is 14.7 Å². The van der Waals surface area contributed by atoms with Crippen molar-refractivity contribution in [1.82, 2.24) is 19.9 Å². The van der Waals surface area contributed by atoms with E-state index in [1.165, 1.54) is 4.90 Å². The minimum atomic E-state index is -1.40. The van der Waals surface area contributed by atoms with Crippen LogP contribution in [0.2, 0.25) is 5.02 Å². The van der Waals surface area contributed by atoms with E-state index in [2.05, 4.69) is 22.2 Å². The van der Waals surface area contributed by atoms with E-state index in [9.17, 15) is 14.7 Å². The largest absolute Gasteiger partial charge is 0.395 e. The second-order valence-electron chi connectivity index (χ2n) is 7.67. The highest BCUT2D eigenvalue weighted by Gasteiger charge is 2.59. The molecule has 166 valence electrons. The van der Waals surface area contributed by atoms with Crippen molar-refractivity contribution >= 4 is 40.8 Å². The van der Waals surface area contributed by atoms with Crippen molar-refractivity contribution in [3.8, 4) is 0 Å². The molecule has 0 radical (unpaired) electrons. The van der Waals surface area contributed by atoms with Crippen LogP contribution in [0.15, 0.2) is 59.3 Å². The Morgan fingerprint density at radius 1 is 1.34 bits per heavy atom. The maximum absolute atomic E-state index is 13.6. The smallest absolute Gasteiger partial charge is 0.244 e. The number of nitrogens with one attached hydrogen (secondary N) is 1. The molecule has 3 heterocycles. The molecule has 1 aromatic heterocycles. The van der Waals surface area contributed by atoms with Gasteiger partial charge in [-0.25, -0.2) is 4.68 Å². The molecular weight excluding hydrogens is 453 g/mol. The number of halogens is 2. The molecule has 2 N–H and O–H groups in total. The number of aliphatic hydroxyl groups excluding tert-OH is 1. The predicted octanol–water partition coefficient (Wildman–Crippen LogP) is 2.98. The molecular formula is C22H21Cl2N5O3. The highest BCUT2D eigenvalue weighted by molar-refractivity contribution is 6.30. The minimum Gasteiger partial charge on any atom is -0.395 e. The summed E-state index contributed by atoms with van der Waals surface area (Å²) in [6.45, 7) is 5.99. The van der Waals surface area contributed by atoms with E-state index in [1.54, 1.807) is 35.9 Å². The van der Waals surface area contributed by atoms with Crippen molar-refractivity contribution in [3.63, 3.8) is 0 Å². The number of aliphatic hydroxyl groups is 1. The van der Waals surface area contributed by atoms with Crippen LogP contribution in [0.4, 0.5) is 5.82 Å². The van der Waals surface area contributed by atoms with Crippen LogP contribution in [-0.2, 0) is 21.5 Å². The summed E-state index contributed by atoms with van der Waals surface area (Å²) in [5.74, 6) is -0.376. The van der Waals surface area contributed by atoms with E-state index in [1.807, 2.05) is 12.1 Å². The summed E-state index contributed by atoms with van der Waals surface area (Å²) in [6, 6.07) is 7.22. The molecule has 1 fully saturated rings. The van der Waals surface area contributed by atoms with Gasteiger partial charge in [0.05, 0.1) is 19.6 Å². The van der Waals surface area contributed by atoms with Gasteiger partial charge in [-0.15, -0.1) is 5.10 Å². The Morgan fingerprint density at radius 2 is 2.06 bits per heavy atom. The maximum atomic E-state index is 13.6. The lowest BCUT2D eigenvalue weighted by Crippen LogP contribution is -2.45. The lowest BCUT2D eigenvalue weighted by Gasteiger charge is -2.30. The number of fused-ring (bicyclic) bond motifs is 2. The van der Waals surface area contributed by atoms with E-state index in [-0.39, 0.29) is 31.4 Å². The van der Waals surface area contributed by atoms with Gasteiger partial charge in [0, 0.05) is 22.3 Å². The molecule has 1 saturated heterocycles. The molecule has 32 heavy (non-hydrogen) atoms. The van der Waals surface area contributed by atoms with Gasteiger partial charge in [0.15, 0.2) is 5.82 Å². The van der Waals surface area contributed by atoms with Crippen LogP contribution >= 0.6 is 23.2 Å². The fraction of sp³-hybridized carbons (Fsp3) is 0.273. The number of carbonyl (C=O) groups excluding carboxylic acids is 2. The molecule has 4 rings (SSSR count). The van der Waals surface area contributed by atoms with Crippen LogP contribution < -0.4 is 5.32 Å². The SMILES string of the molecule is C=C1/C(=C\C=C(/C)Cl)N(CCO)C(=O)[C@@]12CC(=O)Nc1c2nnn1Cc1ccc(Cl)cc1. The molecule has 0 unspecified atom stereocenters. The van der Waals surface area contributed by atoms with E-state index in [0.717, 1.165) is 5.56 Å². The van der Waals surface area contributed by atoms with Crippen LogP contribution in [0.5, 0.6) is 0 Å². The van der Waals surface area contributed by atoms with Crippen molar-refractivity contribution in [3.05, 3.63) is 75.6 Å². The van der Waals surface area contributed by atoms with Gasteiger partial charge in [0.2, 0.25) is 11.8 Å². The quantitative estimate of drug-likeness (QED) is 0.694. The molecule has 2 amide bonds. The van der Waals surface area contributed by atoms with Gasteiger partial charge in [0.25, 0.3) is 0 Å². The molecule has 2 aromatic rings. The Morgan fingerprint density at radius 3 is 2.72 bits per heavy atom. The van der Waals surface area contributed by atoms with Crippen LogP contribution in [0.25, 0.3) is 0 Å². The fourth-order valence-electron chi connectivity index (χ4n) is 4.08. The van der Waals surface area contributed by atoms with Crippen molar-refractivity contribution in [2.45, 2.75) is 25.3 Å². The van der Waals surface area contributed by atoms with Crippen LogP contribution in [0.3, 0.4) is 0 Å². The number of allylic oxidation sites excluding steroid dienone is 4. The number of benzene rings is 1. The number of amides is 2. The number of likely N-dealkylation sites (tertiary alicyclic amines) is 1. The van der Waals surface area contributed by atoms with Gasteiger partial charge in [-0.2, -0.15) is 0 Å². The first kappa shape index (κ1) is 22.3. The molecule has 1 spiro atoms. The normalized spacial score (nSPS) is 22.1. The van der Waals surface area contributed by atoms with Gasteiger partial charge >= 0.3 is 0 Å². The molecule has 8 nitrogen and oxygen atoms in total. The highest BCUT2D eigenvalue weighted by Crippen LogP contribution is 2.50. The topological polar surface area (TPSA) is 100 Å². The summed E-state index contributed by atoms with van der Waals surface area (Å²) in [4.78, 5) is 27.8. The van der Waals surface area contributed by atoms with Crippen molar-refractivity contribution in [1.29, 1.82) is 0 Å². The summed E-state index contributed by atoms with van der Waals surface area (Å²) in [6.07, 6.45) is 3.15.